The number of fused-ring (bicyclic) bond motifs is 1. The lowest BCUT2D eigenvalue weighted by Crippen LogP contribution is -2.27. The molecule has 1 unspecified atom stereocenters. The van der Waals surface area contributed by atoms with Gasteiger partial charge in [-0.1, -0.05) is 0 Å². The third-order valence-corrected chi connectivity index (χ3v) is 3.89. The minimum Gasteiger partial charge on any atom is -0.383 e. The Morgan fingerprint density at radius 3 is 3.14 bits per heavy atom. The predicted molar refractivity (Wildman–Crippen MR) is 82.1 cm³/mol. The number of methoxy groups -OCH3 is 1. The highest BCUT2D eigenvalue weighted by Crippen LogP contribution is 2.38. The van der Waals surface area contributed by atoms with Crippen LogP contribution in [0.1, 0.15) is 27.7 Å². The first-order valence-corrected chi connectivity index (χ1v) is 7.18. The van der Waals surface area contributed by atoms with Crippen molar-refractivity contribution < 1.29 is 9.53 Å². The van der Waals surface area contributed by atoms with Gasteiger partial charge in [0.05, 0.1) is 12.5 Å². The lowest BCUT2D eigenvalue weighted by atomic mass is 9.98. The molecule has 7 nitrogen and oxygen atoms in total. The van der Waals surface area contributed by atoms with Crippen molar-refractivity contribution >= 4 is 11.6 Å². The molecule has 2 aromatic rings. The molecule has 3 rings (SSSR count). The lowest BCUT2D eigenvalue weighted by Gasteiger charge is -2.12. The summed E-state index contributed by atoms with van der Waals surface area (Å²) >= 11 is 0. The van der Waals surface area contributed by atoms with Crippen molar-refractivity contribution in [2.45, 2.75) is 5.92 Å². The van der Waals surface area contributed by atoms with Crippen molar-refractivity contribution in [3.8, 4) is 0 Å². The number of H-pyrrole nitrogens is 1. The Balaban J connectivity index is 1.85. The summed E-state index contributed by atoms with van der Waals surface area (Å²) in [6.45, 7) is 1.82. The summed E-state index contributed by atoms with van der Waals surface area (Å²) in [4.78, 5) is 18.6. The van der Waals surface area contributed by atoms with Gasteiger partial charge in [0.15, 0.2) is 0 Å². The number of anilines is 1. The molecule has 0 radical (unpaired) electrons. The molecule has 2 heterocycles. The molecule has 0 bridgehead atoms. The quantitative estimate of drug-likeness (QED) is 0.797. The third kappa shape index (κ3) is 2.67. The molecule has 1 aromatic carbocycles. The smallest absolute Gasteiger partial charge is 0.251 e. The number of rotatable bonds is 5. The molecule has 1 aliphatic rings. The molecule has 0 spiro atoms. The third-order valence-electron chi connectivity index (χ3n) is 3.89. The SMILES string of the molecule is COCCNC(=O)c1ccc2c(c1)C(c1ncn[nH]1)CN2C. The van der Waals surface area contributed by atoms with Crippen molar-refractivity contribution in [3.05, 3.63) is 41.5 Å². The minimum absolute atomic E-state index is 0.0919. The van der Waals surface area contributed by atoms with Gasteiger partial charge in [-0.25, -0.2) is 4.98 Å². The molecule has 7 heteroatoms. The summed E-state index contributed by atoms with van der Waals surface area (Å²) in [7, 11) is 3.65. The average Bonchev–Trinajstić information content (AvgIpc) is 3.15. The number of benzene rings is 1. The second-order valence-electron chi connectivity index (χ2n) is 5.33. The average molecular weight is 301 g/mol. The maximum Gasteiger partial charge on any atom is 0.251 e. The molecule has 2 N–H and O–H groups in total. The van der Waals surface area contributed by atoms with Crippen LogP contribution in [0.25, 0.3) is 0 Å². The van der Waals surface area contributed by atoms with Gasteiger partial charge in [-0.2, -0.15) is 5.10 Å². The van der Waals surface area contributed by atoms with E-state index in [9.17, 15) is 4.79 Å². The molecule has 1 aliphatic heterocycles. The number of aromatic amines is 1. The van der Waals surface area contributed by atoms with Crippen LogP contribution >= 0.6 is 0 Å². The maximum absolute atomic E-state index is 12.2. The molecule has 0 saturated carbocycles. The fourth-order valence-electron chi connectivity index (χ4n) is 2.78. The van der Waals surface area contributed by atoms with Crippen LogP contribution in [-0.4, -0.2) is 54.9 Å². The second kappa shape index (κ2) is 6.15. The van der Waals surface area contributed by atoms with Crippen molar-refractivity contribution in [2.75, 3.05) is 38.8 Å². The predicted octanol–water partition coefficient (Wildman–Crippen LogP) is 0.763. The summed E-state index contributed by atoms with van der Waals surface area (Å²) in [5.74, 6) is 0.836. The lowest BCUT2D eigenvalue weighted by molar-refractivity contribution is 0.0937. The summed E-state index contributed by atoms with van der Waals surface area (Å²) in [5.41, 5.74) is 2.86. The van der Waals surface area contributed by atoms with Gasteiger partial charge < -0.3 is 15.0 Å². The second-order valence-corrected chi connectivity index (χ2v) is 5.33. The number of carbonyl (C=O) groups excluding carboxylic acids is 1. The van der Waals surface area contributed by atoms with Gasteiger partial charge in [0, 0.05) is 38.5 Å². The van der Waals surface area contributed by atoms with Crippen LogP contribution in [0, 0.1) is 0 Å². The standard InChI is InChI=1S/C15H19N5O2/c1-20-8-12(14-17-9-18-19-14)11-7-10(3-4-13(11)20)15(21)16-5-6-22-2/h3-4,7,9,12H,5-6,8H2,1-2H3,(H,16,21)(H,17,18,19). The number of hydrogen-bond donors (Lipinski definition) is 2. The molecule has 1 amide bonds. The number of nitrogens with zero attached hydrogens (tertiary/aromatic N) is 3. The summed E-state index contributed by atoms with van der Waals surface area (Å²) in [5, 5.41) is 9.69. The molecule has 22 heavy (non-hydrogen) atoms. The van der Waals surface area contributed by atoms with Crippen LogP contribution in [0.4, 0.5) is 5.69 Å². The molecule has 0 saturated heterocycles. The Kier molecular flexibility index (Phi) is 4.06. The van der Waals surface area contributed by atoms with E-state index >= 15 is 0 Å². The van der Waals surface area contributed by atoms with E-state index < -0.39 is 0 Å². The van der Waals surface area contributed by atoms with Gasteiger partial charge in [-0.3, -0.25) is 9.89 Å². The van der Waals surface area contributed by atoms with E-state index in [4.69, 9.17) is 4.74 Å². The molecule has 1 atom stereocenters. The number of aromatic nitrogens is 3. The summed E-state index contributed by atoms with van der Waals surface area (Å²) in [6.07, 6.45) is 1.51. The minimum atomic E-state index is -0.0919. The number of hydrogen-bond acceptors (Lipinski definition) is 5. The fraction of sp³-hybridized carbons (Fsp3) is 0.400. The molecule has 0 fully saturated rings. The summed E-state index contributed by atoms with van der Waals surface area (Å²) in [6, 6.07) is 5.77. The first-order chi connectivity index (χ1) is 10.7. The number of carbonyl (C=O) groups is 1. The zero-order chi connectivity index (χ0) is 15.5. The fourth-order valence-corrected chi connectivity index (χ4v) is 2.78. The van der Waals surface area contributed by atoms with Crippen LogP contribution < -0.4 is 10.2 Å². The Morgan fingerprint density at radius 1 is 1.55 bits per heavy atom. The van der Waals surface area contributed by atoms with Crippen LogP contribution in [0.3, 0.4) is 0 Å². The van der Waals surface area contributed by atoms with Gasteiger partial charge in [0.1, 0.15) is 12.2 Å². The van der Waals surface area contributed by atoms with Crippen molar-refractivity contribution in [2.24, 2.45) is 0 Å². The van der Waals surface area contributed by atoms with Gasteiger partial charge in [-0.05, 0) is 23.8 Å². The molecule has 0 aliphatic carbocycles. The number of likely N-dealkylation sites (N-methyl/N-ethyl adjacent to an activating group) is 1. The number of amides is 1. The monoisotopic (exact) mass is 301 g/mol. The largest absolute Gasteiger partial charge is 0.383 e. The maximum atomic E-state index is 12.2. The van der Waals surface area contributed by atoms with E-state index in [2.05, 4.69) is 25.4 Å². The van der Waals surface area contributed by atoms with E-state index in [1.54, 1.807) is 7.11 Å². The Labute approximate surface area is 128 Å². The van der Waals surface area contributed by atoms with Gasteiger partial charge in [0.2, 0.25) is 0 Å². The molecule has 116 valence electrons. The Hall–Kier alpha value is -2.41. The van der Waals surface area contributed by atoms with Gasteiger partial charge in [0.25, 0.3) is 5.91 Å². The zero-order valence-electron chi connectivity index (χ0n) is 12.7. The molecular formula is C15H19N5O2. The first-order valence-electron chi connectivity index (χ1n) is 7.18. The van der Waals surface area contributed by atoms with Gasteiger partial charge >= 0.3 is 0 Å². The zero-order valence-corrected chi connectivity index (χ0v) is 12.7. The molecular weight excluding hydrogens is 282 g/mol. The van der Waals surface area contributed by atoms with Crippen molar-refractivity contribution in [1.29, 1.82) is 0 Å². The van der Waals surface area contributed by atoms with Crippen LogP contribution in [0.5, 0.6) is 0 Å². The van der Waals surface area contributed by atoms with Crippen LogP contribution in [0.15, 0.2) is 24.5 Å². The first kappa shape index (κ1) is 14.5. The van der Waals surface area contributed by atoms with Crippen LogP contribution in [0.2, 0.25) is 0 Å². The number of ether oxygens (including phenoxy) is 1. The highest BCUT2D eigenvalue weighted by Gasteiger charge is 2.30. The van der Waals surface area contributed by atoms with E-state index in [1.165, 1.54) is 6.33 Å². The van der Waals surface area contributed by atoms with Crippen molar-refractivity contribution in [1.82, 2.24) is 20.5 Å². The Morgan fingerprint density at radius 2 is 2.41 bits per heavy atom. The van der Waals surface area contributed by atoms with Crippen LogP contribution in [-0.2, 0) is 4.74 Å². The van der Waals surface area contributed by atoms with E-state index in [1.807, 2.05) is 25.2 Å². The van der Waals surface area contributed by atoms with Gasteiger partial charge in [-0.15, -0.1) is 0 Å². The highest BCUT2D eigenvalue weighted by molar-refractivity contribution is 5.95. The van der Waals surface area contributed by atoms with E-state index in [0.717, 1.165) is 23.6 Å². The Bertz CT molecular complexity index is 656. The van der Waals surface area contributed by atoms with E-state index in [0.29, 0.717) is 18.7 Å². The summed E-state index contributed by atoms with van der Waals surface area (Å²) < 4.78 is 4.94. The van der Waals surface area contributed by atoms with Crippen molar-refractivity contribution in [3.63, 3.8) is 0 Å². The number of nitrogens with one attached hydrogen (secondary N) is 2. The topological polar surface area (TPSA) is 83.1 Å². The molecule has 1 aromatic heterocycles. The highest BCUT2D eigenvalue weighted by atomic mass is 16.5. The van der Waals surface area contributed by atoms with E-state index in [-0.39, 0.29) is 11.8 Å². The normalized spacial score (nSPS) is 16.6.